The van der Waals surface area contributed by atoms with E-state index in [9.17, 15) is 27.6 Å². The molecular formula is C27H34F3N5O3. The van der Waals surface area contributed by atoms with Crippen molar-refractivity contribution in [3.63, 3.8) is 0 Å². The molecule has 3 aliphatic heterocycles. The van der Waals surface area contributed by atoms with Gasteiger partial charge in [0, 0.05) is 51.3 Å². The molecule has 0 aromatic heterocycles. The highest BCUT2D eigenvalue weighted by Gasteiger charge is 2.44. The Balaban J connectivity index is 1.23. The Morgan fingerprint density at radius 2 is 1.68 bits per heavy atom. The number of amides is 3. The molecule has 3 amide bonds. The fourth-order valence-electron chi connectivity index (χ4n) is 5.88. The van der Waals surface area contributed by atoms with Gasteiger partial charge in [-0.1, -0.05) is 18.2 Å². The molecule has 206 valence electrons. The second-order valence-corrected chi connectivity index (χ2v) is 10.8. The molecule has 38 heavy (non-hydrogen) atoms. The number of hydrogen-bond acceptors (Lipinski definition) is 5. The smallest absolute Gasteiger partial charge is 0.347 e. The van der Waals surface area contributed by atoms with E-state index in [2.05, 4.69) is 10.7 Å². The van der Waals surface area contributed by atoms with Crippen molar-refractivity contribution in [1.29, 1.82) is 0 Å². The van der Waals surface area contributed by atoms with E-state index in [4.69, 9.17) is 0 Å². The lowest BCUT2D eigenvalue weighted by atomic mass is 9.93. The normalized spacial score (nSPS) is 24.5. The molecule has 1 aromatic rings. The topological polar surface area (TPSA) is 85.0 Å². The molecule has 0 radical (unpaired) electrons. The lowest BCUT2D eigenvalue weighted by Crippen LogP contribution is -2.51. The van der Waals surface area contributed by atoms with Gasteiger partial charge in [0.15, 0.2) is 0 Å². The number of benzene rings is 1. The maximum absolute atomic E-state index is 13.6. The molecule has 11 heteroatoms. The molecular weight excluding hydrogens is 499 g/mol. The maximum Gasteiger partial charge on any atom is 0.416 e. The molecule has 3 heterocycles. The Hall–Kier alpha value is -3.08. The van der Waals surface area contributed by atoms with Crippen molar-refractivity contribution in [2.24, 2.45) is 5.92 Å². The zero-order valence-corrected chi connectivity index (χ0v) is 21.5. The van der Waals surface area contributed by atoms with E-state index in [1.54, 1.807) is 15.9 Å². The molecule has 2 atom stereocenters. The van der Waals surface area contributed by atoms with Crippen molar-refractivity contribution < 1.29 is 27.6 Å². The second-order valence-electron chi connectivity index (χ2n) is 10.8. The summed E-state index contributed by atoms with van der Waals surface area (Å²) in [6.45, 7) is 3.21. The minimum absolute atomic E-state index is 0.00541. The number of piperidine rings is 1. The first-order chi connectivity index (χ1) is 18.1. The van der Waals surface area contributed by atoms with Gasteiger partial charge in [-0.3, -0.25) is 14.4 Å². The minimum atomic E-state index is -4.42. The fraction of sp³-hybridized carbons (Fsp3) is 0.593. The molecule has 4 aliphatic rings. The summed E-state index contributed by atoms with van der Waals surface area (Å²) in [6, 6.07) is 5.69. The molecule has 1 aromatic carbocycles. The summed E-state index contributed by atoms with van der Waals surface area (Å²) in [6.07, 6.45) is 1.50. The van der Waals surface area contributed by atoms with E-state index in [1.807, 2.05) is 11.2 Å². The van der Waals surface area contributed by atoms with E-state index in [0.29, 0.717) is 37.5 Å². The molecule has 0 spiro atoms. The van der Waals surface area contributed by atoms with Crippen molar-refractivity contribution in [3.8, 4) is 0 Å². The third-order valence-corrected chi connectivity index (χ3v) is 8.12. The quantitative estimate of drug-likeness (QED) is 0.588. The first-order valence-electron chi connectivity index (χ1n) is 13.4. The van der Waals surface area contributed by atoms with Gasteiger partial charge in [0.1, 0.15) is 0 Å². The standard InChI is InChI=1S/C27H34F3N5O3/c1-17(36)31-14-24(37)33-12-9-20(10-13-33)35-16-22(25(32-35)18-6-7-18)26(38)34-11-8-19(15-34)21-4-2-3-5-23(21)27(28,29)30/h2-5,16,18-20,25,32H,6-15H2,1H3,(H,31,36)/t19?,25-/m0/s1. The molecule has 0 bridgehead atoms. The van der Waals surface area contributed by atoms with Gasteiger partial charge in [0.25, 0.3) is 5.91 Å². The van der Waals surface area contributed by atoms with Crippen molar-refractivity contribution >= 4 is 17.7 Å². The molecule has 3 fully saturated rings. The number of nitrogens with one attached hydrogen (secondary N) is 2. The third-order valence-electron chi connectivity index (χ3n) is 8.12. The van der Waals surface area contributed by atoms with Gasteiger partial charge < -0.3 is 20.1 Å². The summed E-state index contributed by atoms with van der Waals surface area (Å²) < 4.78 is 40.7. The molecule has 1 unspecified atom stereocenters. The highest BCUT2D eigenvalue weighted by molar-refractivity contribution is 5.95. The highest BCUT2D eigenvalue weighted by Crippen LogP contribution is 2.41. The van der Waals surface area contributed by atoms with E-state index in [1.165, 1.54) is 19.1 Å². The van der Waals surface area contributed by atoms with E-state index in [-0.39, 0.29) is 54.4 Å². The monoisotopic (exact) mass is 533 g/mol. The number of nitrogens with zero attached hydrogens (tertiary/aromatic N) is 3. The Morgan fingerprint density at radius 1 is 1.00 bits per heavy atom. The van der Waals surface area contributed by atoms with Gasteiger partial charge in [-0.25, -0.2) is 5.43 Å². The third kappa shape index (κ3) is 5.67. The largest absolute Gasteiger partial charge is 0.416 e. The van der Waals surface area contributed by atoms with E-state index >= 15 is 0 Å². The Kier molecular flexibility index (Phi) is 7.39. The maximum atomic E-state index is 13.6. The van der Waals surface area contributed by atoms with Crippen LogP contribution in [0.15, 0.2) is 36.0 Å². The van der Waals surface area contributed by atoms with Crippen LogP contribution in [0.2, 0.25) is 0 Å². The van der Waals surface area contributed by atoms with Crippen LogP contribution in [-0.2, 0) is 20.6 Å². The summed E-state index contributed by atoms with van der Waals surface area (Å²) in [5.41, 5.74) is 3.84. The van der Waals surface area contributed by atoms with E-state index in [0.717, 1.165) is 31.7 Å². The van der Waals surface area contributed by atoms with Crippen LogP contribution < -0.4 is 10.7 Å². The highest BCUT2D eigenvalue weighted by atomic mass is 19.4. The Morgan fingerprint density at radius 3 is 2.34 bits per heavy atom. The molecule has 1 aliphatic carbocycles. The predicted octanol–water partition coefficient (Wildman–Crippen LogP) is 2.63. The van der Waals surface area contributed by atoms with Gasteiger partial charge in [-0.15, -0.1) is 0 Å². The molecule has 1 saturated carbocycles. The van der Waals surface area contributed by atoms with Crippen molar-refractivity contribution in [2.45, 2.75) is 63.2 Å². The van der Waals surface area contributed by atoms with Crippen molar-refractivity contribution in [2.75, 3.05) is 32.7 Å². The van der Waals surface area contributed by atoms with Gasteiger partial charge in [-0.05, 0) is 49.7 Å². The number of likely N-dealkylation sites (tertiary alicyclic amines) is 2. The lowest BCUT2D eigenvalue weighted by Gasteiger charge is -2.37. The van der Waals surface area contributed by atoms with Gasteiger partial charge in [0.05, 0.1) is 23.7 Å². The van der Waals surface area contributed by atoms with Crippen LogP contribution in [0.5, 0.6) is 0 Å². The first kappa shape index (κ1) is 26.5. The lowest BCUT2D eigenvalue weighted by molar-refractivity contribution is -0.138. The van der Waals surface area contributed by atoms with Crippen LogP contribution in [0.4, 0.5) is 13.2 Å². The summed E-state index contributed by atoms with van der Waals surface area (Å²) in [5.74, 6) is -0.421. The Bertz CT molecular complexity index is 1110. The summed E-state index contributed by atoms with van der Waals surface area (Å²) in [5, 5.41) is 4.55. The zero-order chi connectivity index (χ0) is 27.0. The van der Waals surface area contributed by atoms with Crippen LogP contribution >= 0.6 is 0 Å². The number of carbonyl (C=O) groups is 3. The van der Waals surface area contributed by atoms with Crippen LogP contribution in [0.1, 0.15) is 56.1 Å². The molecule has 8 nitrogen and oxygen atoms in total. The van der Waals surface area contributed by atoms with Crippen LogP contribution in [0.3, 0.4) is 0 Å². The van der Waals surface area contributed by atoms with Crippen molar-refractivity contribution in [3.05, 3.63) is 47.2 Å². The van der Waals surface area contributed by atoms with Crippen LogP contribution in [-0.4, -0.2) is 77.3 Å². The number of rotatable bonds is 6. The Labute approximate surface area is 220 Å². The fourth-order valence-corrected chi connectivity index (χ4v) is 5.88. The van der Waals surface area contributed by atoms with Crippen LogP contribution in [0.25, 0.3) is 0 Å². The number of hydrazine groups is 1. The average Bonchev–Trinajstić information content (AvgIpc) is 3.45. The summed E-state index contributed by atoms with van der Waals surface area (Å²) in [4.78, 5) is 40.5. The van der Waals surface area contributed by atoms with Crippen molar-refractivity contribution in [1.82, 2.24) is 25.6 Å². The number of halogens is 3. The zero-order valence-electron chi connectivity index (χ0n) is 21.5. The average molecular weight is 534 g/mol. The first-order valence-corrected chi connectivity index (χ1v) is 13.4. The summed E-state index contributed by atoms with van der Waals surface area (Å²) >= 11 is 0. The summed E-state index contributed by atoms with van der Waals surface area (Å²) in [7, 11) is 0. The SMILES string of the molecule is CC(=O)NCC(=O)N1CCC(N2C=C(C(=O)N3CCC(c4ccccc4C(F)(F)F)C3)[C@H](C3CC3)N2)CC1. The number of carbonyl (C=O) groups excluding carboxylic acids is 3. The molecule has 2 saturated heterocycles. The minimum Gasteiger partial charge on any atom is -0.347 e. The van der Waals surface area contributed by atoms with Gasteiger partial charge >= 0.3 is 6.18 Å². The second kappa shape index (κ2) is 10.6. The number of hydrogen-bond donors (Lipinski definition) is 2. The predicted molar refractivity (Wildman–Crippen MR) is 133 cm³/mol. The molecule has 2 N–H and O–H groups in total. The van der Waals surface area contributed by atoms with Gasteiger partial charge in [0.2, 0.25) is 11.8 Å². The van der Waals surface area contributed by atoms with Gasteiger partial charge in [-0.2, -0.15) is 13.2 Å². The van der Waals surface area contributed by atoms with Crippen LogP contribution in [0, 0.1) is 5.92 Å². The number of alkyl halides is 3. The van der Waals surface area contributed by atoms with E-state index < -0.39 is 11.7 Å². The molecule has 5 rings (SSSR count).